The minimum atomic E-state index is -0.989. The van der Waals surface area contributed by atoms with Crippen molar-refractivity contribution >= 4 is 16.7 Å². The fourth-order valence-corrected chi connectivity index (χ4v) is 1.94. The number of likely N-dealkylation sites (tertiary alicyclic amines) is 1. The van der Waals surface area contributed by atoms with E-state index in [2.05, 4.69) is 0 Å². The van der Waals surface area contributed by atoms with Gasteiger partial charge >= 0.3 is 0 Å². The molecular weight excluding hydrogens is 174 g/mol. The third kappa shape index (κ3) is 2.93. The first-order valence-electron chi connectivity index (χ1n) is 4.28. The van der Waals surface area contributed by atoms with Crippen LogP contribution in [0.3, 0.4) is 0 Å². The molecule has 12 heavy (non-hydrogen) atoms. The Hall–Kier alpha value is -0.380. The Morgan fingerprint density at radius 2 is 1.92 bits per heavy atom. The molecule has 0 saturated carbocycles. The van der Waals surface area contributed by atoms with E-state index in [1.165, 1.54) is 6.42 Å². The van der Waals surface area contributed by atoms with Crippen molar-refractivity contribution in [2.75, 3.05) is 25.1 Å². The summed E-state index contributed by atoms with van der Waals surface area (Å²) in [5.74, 6) is 0.246. The van der Waals surface area contributed by atoms with Crippen molar-refractivity contribution in [3.05, 3.63) is 0 Å². The Kier molecular flexibility index (Phi) is 3.72. The third-order valence-electron chi connectivity index (χ3n) is 2.04. The SMILES string of the molecule is CS(=O)CC(=O)N1CCCCC1. The largest absolute Gasteiger partial charge is 0.342 e. The molecule has 0 radical (unpaired) electrons. The van der Waals surface area contributed by atoms with Gasteiger partial charge in [0.25, 0.3) is 0 Å². The summed E-state index contributed by atoms with van der Waals surface area (Å²) in [6, 6.07) is 0. The highest BCUT2D eigenvalue weighted by Gasteiger charge is 2.16. The second-order valence-electron chi connectivity index (χ2n) is 3.16. The van der Waals surface area contributed by atoms with Gasteiger partial charge in [-0.05, 0) is 19.3 Å². The summed E-state index contributed by atoms with van der Waals surface area (Å²) < 4.78 is 10.8. The highest BCUT2D eigenvalue weighted by atomic mass is 32.2. The quantitative estimate of drug-likeness (QED) is 0.629. The van der Waals surface area contributed by atoms with Crippen molar-refractivity contribution in [2.45, 2.75) is 19.3 Å². The van der Waals surface area contributed by atoms with Crippen LogP contribution in [0.5, 0.6) is 0 Å². The Balaban J connectivity index is 2.34. The molecule has 70 valence electrons. The molecule has 1 aliphatic heterocycles. The molecule has 0 spiro atoms. The highest BCUT2D eigenvalue weighted by molar-refractivity contribution is 7.85. The smallest absolute Gasteiger partial charge is 0.235 e. The lowest BCUT2D eigenvalue weighted by Crippen LogP contribution is -2.38. The summed E-state index contributed by atoms with van der Waals surface area (Å²) in [6.45, 7) is 1.71. The minimum absolute atomic E-state index is 0.0514. The van der Waals surface area contributed by atoms with Crippen molar-refractivity contribution in [3.63, 3.8) is 0 Å². The molecule has 1 rings (SSSR count). The van der Waals surface area contributed by atoms with Gasteiger partial charge in [0.15, 0.2) is 0 Å². The zero-order valence-electron chi connectivity index (χ0n) is 7.41. The lowest BCUT2D eigenvalue weighted by Gasteiger charge is -2.26. The molecule has 1 aliphatic rings. The van der Waals surface area contributed by atoms with Crippen LogP contribution in [0, 0.1) is 0 Å². The third-order valence-corrected chi connectivity index (χ3v) is 2.69. The number of carbonyl (C=O) groups is 1. The average Bonchev–Trinajstić information content (AvgIpc) is 2.05. The summed E-state index contributed by atoms with van der Waals surface area (Å²) in [6.07, 6.45) is 4.99. The summed E-state index contributed by atoms with van der Waals surface area (Å²) in [5.41, 5.74) is 0. The Morgan fingerprint density at radius 1 is 1.33 bits per heavy atom. The van der Waals surface area contributed by atoms with E-state index in [0.29, 0.717) is 0 Å². The molecule has 1 unspecified atom stereocenters. The van der Waals surface area contributed by atoms with Gasteiger partial charge in [-0.1, -0.05) is 0 Å². The Labute approximate surface area is 75.6 Å². The van der Waals surface area contributed by atoms with Gasteiger partial charge in [-0.3, -0.25) is 9.00 Å². The molecular formula is C8H15NO2S. The van der Waals surface area contributed by atoms with E-state index in [9.17, 15) is 9.00 Å². The molecule has 0 aromatic carbocycles. The maximum Gasteiger partial charge on any atom is 0.235 e. The predicted octanol–water partition coefficient (Wildman–Crippen LogP) is 0.377. The molecule has 0 aromatic heterocycles. The molecule has 1 saturated heterocycles. The monoisotopic (exact) mass is 189 g/mol. The zero-order chi connectivity index (χ0) is 8.97. The number of hydrogen-bond donors (Lipinski definition) is 0. The number of carbonyl (C=O) groups excluding carboxylic acids is 1. The van der Waals surface area contributed by atoms with E-state index in [-0.39, 0.29) is 11.7 Å². The predicted molar refractivity (Wildman–Crippen MR) is 49.4 cm³/mol. The van der Waals surface area contributed by atoms with E-state index in [4.69, 9.17) is 0 Å². The van der Waals surface area contributed by atoms with E-state index in [1.54, 1.807) is 6.26 Å². The van der Waals surface area contributed by atoms with Gasteiger partial charge in [0.2, 0.25) is 5.91 Å². The van der Waals surface area contributed by atoms with E-state index in [0.717, 1.165) is 25.9 Å². The van der Waals surface area contributed by atoms with Crippen LogP contribution in [-0.4, -0.2) is 40.1 Å². The van der Waals surface area contributed by atoms with Gasteiger partial charge in [0.1, 0.15) is 5.75 Å². The maximum absolute atomic E-state index is 11.3. The Morgan fingerprint density at radius 3 is 2.42 bits per heavy atom. The number of hydrogen-bond acceptors (Lipinski definition) is 2. The van der Waals surface area contributed by atoms with Crippen molar-refractivity contribution < 1.29 is 9.00 Å². The second-order valence-corrected chi connectivity index (χ2v) is 4.59. The van der Waals surface area contributed by atoms with Crippen LogP contribution in [0.4, 0.5) is 0 Å². The summed E-state index contributed by atoms with van der Waals surface area (Å²) >= 11 is 0. The number of piperidine rings is 1. The molecule has 1 fully saturated rings. The standard InChI is InChI=1S/C8H15NO2S/c1-12(11)7-8(10)9-5-3-2-4-6-9/h2-7H2,1H3. The van der Waals surface area contributed by atoms with Crippen LogP contribution >= 0.6 is 0 Å². The molecule has 0 bridgehead atoms. The fraction of sp³-hybridized carbons (Fsp3) is 0.875. The topological polar surface area (TPSA) is 37.4 Å². The van der Waals surface area contributed by atoms with Gasteiger partial charge in [-0.15, -0.1) is 0 Å². The van der Waals surface area contributed by atoms with Crippen LogP contribution in [-0.2, 0) is 15.6 Å². The van der Waals surface area contributed by atoms with E-state index < -0.39 is 10.8 Å². The van der Waals surface area contributed by atoms with Crippen molar-refractivity contribution in [1.29, 1.82) is 0 Å². The Bertz CT molecular complexity index is 187. The van der Waals surface area contributed by atoms with Gasteiger partial charge in [-0.25, -0.2) is 0 Å². The molecule has 3 nitrogen and oxygen atoms in total. The summed E-state index contributed by atoms with van der Waals surface area (Å²) in [4.78, 5) is 13.2. The van der Waals surface area contributed by atoms with E-state index >= 15 is 0 Å². The first-order chi connectivity index (χ1) is 5.70. The van der Waals surface area contributed by atoms with Crippen molar-refractivity contribution in [1.82, 2.24) is 4.90 Å². The fourth-order valence-electron chi connectivity index (χ4n) is 1.41. The first-order valence-corrected chi connectivity index (χ1v) is 6.00. The van der Waals surface area contributed by atoms with Crippen LogP contribution < -0.4 is 0 Å². The molecule has 0 aromatic rings. The average molecular weight is 189 g/mol. The van der Waals surface area contributed by atoms with Crippen LogP contribution in [0.2, 0.25) is 0 Å². The lowest BCUT2D eigenvalue weighted by atomic mass is 10.1. The summed E-state index contributed by atoms with van der Waals surface area (Å²) in [5, 5.41) is 0. The van der Waals surface area contributed by atoms with Crippen molar-refractivity contribution in [3.8, 4) is 0 Å². The van der Waals surface area contributed by atoms with Crippen LogP contribution in [0.1, 0.15) is 19.3 Å². The molecule has 0 N–H and O–H groups in total. The van der Waals surface area contributed by atoms with Crippen LogP contribution in [0.15, 0.2) is 0 Å². The zero-order valence-corrected chi connectivity index (χ0v) is 8.23. The minimum Gasteiger partial charge on any atom is -0.342 e. The van der Waals surface area contributed by atoms with Crippen LogP contribution in [0.25, 0.3) is 0 Å². The molecule has 4 heteroatoms. The van der Waals surface area contributed by atoms with Gasteiger partial charge in [0, 0.05) is 30.1 Å². The second kappa shape index (κ2) is 4.60. The highest BCUT2D eigenvalue weighted by Crippen LogP contribution is 2.08. The molecule has 1 atom stereocenters. The summed E-state index contributed by atoms with van der Waals surface area (Å²) in [7, 11) is -0.989. The van der Waals surface area contributed by atoms with Gasteiger partial charge in [0.05, 0.1) is 0 Å². The molecule has 1 heterocycles. The van der Waals surface area contributed by atoms with Crippen molar-refractivity contribution in [2.24, 2.45) is 0 Å². The molecule has 0 aliphatic carbocycles. The number of rotatable bonds is 2. The first kappa shape index (κ1) is 9.71. The normalized spacial score (nSPS) is 20.6. The van der Waals surface area contributed by atoms with E-state index in [1.807, 2.05) is 4.90 Å². The molecule has 1 amide bonds. The number of nitrogens with zero attached hydrogens (tertiary/aromatic N) is 1. The van der Waals surface area contributed by atoms with Gasteiger partial charge < -0.3 is 4.90 Å². The van der Waals surface area contributed by atoms with Gasteiger partial charge in [-0.2, -0.15) is 0 Å². The number of amides is 1. The lowest BCUT2D eigenvalue weighted by molar-refractivity contribution is -0.129. The maximum atomic E-state index is 11.3.